The molecule has 0 aliphatic rings. The SMILES string of the molecule is Cc1cccc(-c2n[nH]c(=S)n2CCC(=O)NCc2cccc(C(=O)Nc3ccccc3)c2)c1. The number of rotatable bonds is 8. The molecular weight excluding hydrogens is 446 g/mol. The van der Waals surface area contributed by atoms with Gasteiger partial charge < -0.3 is 10.6 Å². The molecule has 4 rings (SSSR count). The van der Waals surface area contributed by atoms with Gasteiger partial charge in [0.05, 0.1) is 0 Å². The van der Waals surface area contributed by atoms with Crippen LogP contribution in [0.4, 0.5) is 5.69 Å². The minimum absolute atomic E-state index is 0.113. The first kappa shape index (κ1) is 23.1. The minimum Gasteiger partial charge on any atom is -0.352 e. The zero-order valence-electron chi connectivity index (χ0n) is 18.7. The molecule has 0 aliphatic carbocycles. The van der Waals surface area contributed by atoms with Gasteiger partial charge in [0.1, 0.15) is 0 Å². The highest BCUT2D eigenvalue weighted by molar-refractivity contribution is 7.71. The van der Waals surface area contributed by atoms with Gasteiger partial charge in [-0.1, -0.05) is 54.1 Å². The molecule has 4 aromatic rings. The largest absolute Gasteiger partial charge is 0.352 e. The zero-order valence-corrected chi connectivity index (χ0v) is 19.6. The van der Waals surface area contributed by atoms with Gasteiger partial charge in [-0.3, -0.25) is 19.3 Å². The summed E-state index contributed by atoms with van der Waals surface area (Å²) in [6.07, 6.45) is 0.251. The molecule has 1 heterocycles. The van der Waals surface area contributed by atoms with Crippen LogP contribution in [0.5, 0.6) is 0 Å². The van der Waals surface area contributed by atoms with E-state index in [2.05, 4.69) is 20.8 Å². The second-order valence-corrected chi connectivity index (χ2v) is 8.31. The molecule has 34 heavy (non-hydrogen) atoms. The Morgan fingerprint density at radius 2 is 1.79 bits per heavy atom. The van der Waals surface area contributed by atoms with Crippen LogP contribution in [-0.2, 0) is 17.9 Å². The Balaban J connectivity index is 1.34. The molecule has 3 N–H and O–H groups in total. The molecule has 0 spiro atoms. The van der Waals surface area contributed by atoms with Gasteiger partial charge in [-0.2, -0.15) is 5.10 Å². The van der Waals surface area contributed by atoms with Gasteiger partial charge >= 0.3 is 0 Å². The maximum Gasteiger partial charge on any atom is 0.255 e. The smallest absolute Gasteiger partial charge is 0.255 e. The number of amides is 2. The summed E-state index contributed by atoms with van der Waals surface area (Å²) in [5, 5.41) is 12.9. The molecule has 2 amide bonds. The summed E-state index contributed by atoms with van der Waals surface area (Å²) in [5.41, 5.74) is 4.17. The quantitative estimate of drug-likeness (QED) is 0.320. The molecule has 8 heteroatoms. The summed E-state index contributed by atoms with van der Waals surface area (Å²) in [6, 6.07) is 24.5. The van der Waals surface area contributed by atoms with Crippen molar-refractivity contribution in [3.05, 3.63) is 100 Å². The fourth-order valence-electron chi connectivity index (χ4n) is 3.58. The monoisotopic (exact) mass is 471 g/mol. The van der Waals surface area contributed by atoms with E-state index in [4.69, 9.17) is 12.2 Å². The predicted molar refractivity (Wildman–Crippen MR) is 135 cm³/mol. The van der Waals surface area contributed by atoms with Gasteiger partial charge in [-0.15, -0.1) is 0 Å². The molecule has 0 aliphatic heterocycles. The van der Waals surface area contributed by atoms with E-state index in [0.717, 1.165) is 22.4 Å². The lowest BCUT2D eigenvalue weighted by Gasteiger charge is -2.10. The Morgan fingerprint density at radius 3 is 2.59 bits per heavy atom. The molecule has 0 unspecified atom stereocenters. The molecule has 0 atom stereocenters. The maximum absolute atomic E-state index is 12.5. The van der Waals surface area contributed by atoms with Crippen LogP contribution >= 0.6 is 12.2 Å². The van der Waals surface area contributed by atoms with Gasteiger partial charge in [0.15, 0.2) is 10.6 Å². The van der Waals surface area contributed by atoms with Gasteiger partial charge in [-0.05, 0) is 55.0 Å². The summed E-state index contributed by atoms with van der Waals surface area (Å²) in [7, 11) is 0. The van der Waals surface area contributed by atoms with Crippen LogP contribution in [0.25, 0.3) is 11.4 Å². The van der Waals surface area contributed by atoms with E-state index in [1.807, 2.05) is 72.2 Å². The lowest BCUT2D eigenvalue weighted by molar-refractivity contribution is -0.121. The Hall–Kier alpha value is -4.04. The number of nitrogens with one attached hydrogen (secondary N) is 3. The third-order valence-corrected chi connectivity index (χ3v) is 5.62. The van der Waals surface area contributed by atoms with Gasteiger partial charge in [0.25, 0.3) is 5.91 Å². The Bertz CT molecular complexity index is 1360. The molecule has 0 radical (unpaired) electrons. The molecule has 0 bridgehead atoms. The minimum atomic E-state index is -0.197. The summed E-state index contributed by atoms with van der Waals surface area (Å²) in [6.45, 7) is 2.75. The average Bonchev–Trinajstić information content (AvgIpc) is 3.22. The second kappa shape index (κ2) is 10.7. The zero-order chi connectivity index (χ0) is 23.9. The molecule has 3 aromatic carbocycles. The van der Waals surface area contributed by atoms with Gasteiger partial charge in [0, 0.05) is 36.3 Å². The number of anilines is 1. The number of H-pyrrole nitrogens is 1. The number of hydrogen-bond donors (Lipinski definition) is 3. The second-order valence-electron chi connectivity index (χ2n) is 7.92. The highest BCUT2D eigenvalue weighted by Gasteiger charge is 2.12. The van der Waals surface area contributed by atoms with Crippen LogP contribution in [-0.4, -0.2) is 26.6 Å². The third-order valence-electron chi connectivity index (χ3n) is 5.31. The van der Waals surface area contributed by atoms with Crippen molar-refractivity contribution >= 4 is 29.7 Å². The standard InChI is InChI=1S/C26H25N5O2S/c1-18-7-5-9-20(15-18)24-29-30-26(34)31(24)14-13-23(32)27-17-19-8-6-10-21(16-19)25(33)28-22-11-3-2-4-12-22/h2-12,15-16H,13-14,17H2,1H3,(H,27,32)(H,28,33)(H,30,34). The molecule has 1 aromatic heterocycles. The Morgan fingerprint density at radius 1 is 1.00 bits per heavy atom. The van der Waals surface area contributed by atoms with Crippen LogP contribution in [0.2, 0.25) is 0 Å². The number of aryl methyl sites for hydroxylation is 1. The highest BCUT2D eigenvalue weighted by atomic mass is 32.1. The Labute approximate surface area is 202 Å². The van der Waals surface area contributed by atoms with Crippen molar-refractivity contribution in [3.8, 4) is 11.4 Å². The summed E-state index contributed by atoms with van der Waals surface area (Å²) in [5.74, 6) is 0.397. The van der Waals surface area contributed by atoms with Crippen molar-refractivity contribution in [3.63, 3.8) is 0 Å². The fourth-order valence-corrected chi connectivity index (χ4v) is 3.80. The van der Waals surface area contributed by atoms with E-state index >= 15 is 0 Å². The normalized spacial score (nSPS) is 10.6. The van der Waals surface area contributed by atoms with Crippen molar-refractivity contribution in [2.24, 2.45) is 0 Å². The predicted octanol–water partition coefficient (Wildman–Crippen LogP) is 4.87. The number of aromatic nitrogens is 3. The van der Waals surface area contributed by atoms with Crippen molar-refractivity contribution in [2.45, 2.75) is 26.4 Å². The number of hydrogen-bond acceptors (Lipinski definition) is 4. The molecule has 7 nitrogen and oxygen atoms in total. The van der Waals surface area contributed by atoms with Crippen molar-refractivity contribution in [1.29, 1.82) is 0 Å². The summed E-state index contributed by atoms with van der Waals surface area (Å²) in [4.78, 5) is 25.0. The van der Waals surface area contributed by atoms with Crippen LogP contribution < -0.4 is 10.6 Å². The van der Waals surface area contributed by atoms with E-state index in [9.17, 15) is 9.59 Å². The van der Waals surface area contributed by atoms with Crippen LogP contribution in [0.15, 0.2) is 78.9 Å². The fraction of sp³-hybridized carbons (Fsp3) is 0.154. The number of aromatic amines is 1. The molecule has 0 saturated carbocycles. The first-order chi connectivity index (χ1) is 16.5. The lowest BCUT2D eigenvalue weighted by Crippen LogP contribution is -2.24. The van der Waals surface area contributed by atoms with E-state index in [-0.39, 0.29) is 18.2 Å². The maximum atomic E-state index is 12.5. The average molecular weight is 472 g/mol. The van der Waals surface area contributed by atoms with Gasteiger partial charge in [0.2, 0.25) is 5.91 Å². The first-order valence-corrected chi connectivity index (χ1v) is 11.3. The number of nitrogens with zero attached hydrogens (tertiary/aromatic N) is 2. The highest BCUT2D eigenvalue weighted by Crippen LogP contribution is 2.19. The van der Waals surface area contributed by atoms with Crippen LogP contribution in [0, 0.1) is 11.7 Å². The number of carbonyl (C=O) groups excluding carboxylic acids is 2. The summed E-state index contributed by atoms with van der Waals surface area (Å²) < 4.78 is 2.31. The van der Waals surface area contributed by atoms with Crippen LogP contribution in [0.1, 0.15) is 27.9 Å². The van der Waals surface area contributed by atoms with Gasteiger partial charge in [-0.25, -0.2) is 0 Å². The number of para-hydroxylation sites is 1. The molecule has 0 fully saturated rings. The van der Waals surface area contributed by atoms with Crippen LogP contribution in [0.3, 0.4) is 0 Å². The molecule has 0 saturated heterocycles. The molecule has 172 valence electrons. The van der Waals surface area contributed by atoms with Crippen molar-refractivity contribution < 1.29 is 9.59 Å². The van der Waals surface area contributed by atoms with E-state index in [1.165, 1.54) is 0 Å². The first-order valence-electron chi connectivity index (χ1n) is 10.9. The third kappa shape index (κ3) is 5.85. The van der Waals surface area contributed by atoms with E-state index in [1.54, 1.807) is 18.2 Å². The van der Waals surface area contributed by atoms with E-state index in [0.29, 0.717) is 29.2 Å². The van der Waals surface area contributed by atoms with Crippen molar-refractivity contribution in [2.75, 3.05) is 5.32 Å². The topological polar surface area (TPSA) is 91.8 Å². The number of carbonyl (C=O) groups is 2. The van der Waals surface area contributed by atoms with E-state index < -0.39 is 0 Å². The Kier molecular flexibility index (Phi) is 7.29. The number of benzene rings is 3. The van der Waals surface area contributed by atoms with Crippen molar-refractivity contribution in [1.82, 2.24) is 20.1 Å². The molecular formula is C26H25N5O2S. The summed E-state index contributed by atoms with van der Waals surface area (Å²) >= 11 is 5.36. The lowest BCUT2D eigenvalue weighted by atomic mass is 10.1.